The second kappa shape index (κ2) is 7.52. The summed E-state index contributed by atoms with van der Waals surface area (Å²) in [6.07, 6.45) is 5.04. The van der Waals surface area contributed by atoms with Crippen LogP contribution in [0.1, 0.15) is 17.5 Å². The van der Waals surface area contributed by atoms with Crippen molar-refractivity contribution < 1.29 is 4.79 Å². The molecule has 0 aliphatic carbocycles. The number of hydrogen-bond donors (Lipinski definition) is 1. The van der Waals surface area contributed by atoms with Crippen LogP contribution in [0, 0.1) is 0 Å². The third-order valence-electron chi connectivity index (χ3n) is 4.01. The van der Waals surface area contributed by atoms with E-state index in [9.17, 15) is 4.79 Å². The van der Waals surface area contributed by atoms with Crippen LogP contribution >= 0.6 is 11.3 Å². The number of amides is 1. The lowest BCUT2D eigenvalue weighted by Gasteiger charge is -2.22. The molecular formula is C16H21N5OS. The molecule has 23 heavy (non-hydrogen) atoms. The molecule has 3 heterocycles. The smallest absolute Gasteiger partial charge is 0.227 e. The molecule has 2 aromatic rings. The first-order valence-electron chi connectivity index (χ1n) is 7.78. The number of rotatable bonds is 4. The Kier molecular flexibility index (Phi) is 5.19. The first-order valence-corrected chi connectivity index (χ1v) is 8.72. The van der Waals surface area contributed by atoms with Gasteiger partial charge in [0.1, 0.15) is 0 Å². The fourth-order valence-corrected chi connectivity index (χ4v) is 3.43. The van der Waals surface area contributed by atoms with Crippen LogP contribution < -0.4 is 5.73 Å². The zero-order valence-electron chi connectivity index (χ0n) is 13.0. The van der Waals surface area contributed by atoms with Gasteiger partial charge in [0.25, 0.3) is 0 Å². The molecule has 0 unspecified atom stereocenters. The first kappa shape index (κ1) is 15.9. The van der Waals surface area contributed by atoms with Crippen molar-refractivity contribution in [2.75, 3.05) is 31.9 Å². The maximum absolute atomic E-state index is 12.4. The Morgan fingerprint density at radius 3 is 2.74 bits per heavy atom. The first-order chi connectivity index (χ1) is 11.2. The molecule has 0 spiro atoms. The highest BCUT2D eigenvalue weighted by Gasteiger charge is 2.19. The fraction of sp³-hybridized carbons (Fsp3) is 0.438. The molecule has 6 nitrogen and oxygen atoms in total. The van der Waals surface area contributed by atoms with Crippen LogP contribution in [0.5, 0.6) is 0 Å². The molecule has 1 amide bonds. The average molecular weight is 331 g/mol. The molecule has 7 heteroatoms. The van der Waals surface area contributed by atoms with Crippen LogP contribution in [0.4, 0.5) is 5.95 Å². The van der Waals surface area contributed by atoms with Gasteiger partial charge in [0, 0.05) is 50.7 Å². The average Bonchev–Trinajstić information content (AvgIpc) is 2.94. The van der Waals surface area contributed by atoms with Crippen LogP contribution in [-0.4, -0.2) is 51.9 Å². The molecule has 0 radical (unpaired) electrons. The third kappa shape index (κ3) is 4.49. The Morgan fingerprint density at radius 1 is 1.17 bits per heavy atom. The summed E-state index contributed by atoms with van der Waals surface area (Å²) in [5.74, 6) is 0.524. The zero-order valence-corrected chi connectivity index (χ0v) is 13.8. The normalized spacial score (nSPS) is 16.3. The van der Waals surface area contributed by atoms with Crippen molar-refractivity contribution >= 4 is 23.2 Å². The number of nitrogens with zero attached hydrogens (tertiary/aromatic N) is 4. The van der Waals surface area contributed by atoms with Gasteiger partial charge < -0.3 is 10.6 Å². The lowest BCUT2D eigenvalue weighted by molar-refractivity contribution is -0.130. The van der Waals surface area contributed by atoms with Gasteiger partial charge in [-0.2, -0.15) is 11.3 Å². The Hall–Kier alpha value is -1.99. The maximum atomic E-state index is 12.4. The number of carbonyl (C=O) groups is 1. The Morgan fingerprint density at radius 2 is 2.00 bits per heavy atom. The van der Waals surface area contributed by atoms with Crippen molar-refractivity contribution in [2.24, 2.45) is 0 Å². The monoisotopic (exact) mass is 331 g/mol. The van der Waals surface area contributed by atoms with Crippen molar-refractivity contribution in [1.29, 1.82) is 0 Å². The van der Waals surface area contributed by atoms with E-state index in [0.717, 1.165) is 50.3 Å². The van der Waals surface area contributed by atoms with Crippen LogP contribution in [-0.2, 0) is 17.8 Å². The van der Waals surface area contributed by atoms with Crippen molar-refractivity contribution in [2.45, 2.75) is 19.4 Å². The second-order valence-electron chi connectivity index (χ2n) is 5.77. The molecule has 0 saturated carbocycles. The van der Waals surface area contributed by atoms with E-state index < -0.39 is 0 Å². The summed E-state index contributed by atoms with van der Waals surface area (Å²) in [4.78, 5) is 24.8. The van der Waals surface area contributed by atoms with Crippen molar-refractivity contribution in [1.82, 2.24) is 19.8 Å². The third-order valence-corrected chi connectivity index (χ3v) is 4.74. The van der Waals surface area contributed by atoms with E-state index >= 15 is 0 Å². The molecule has 1 aliphatic heterocycles. The highest BCUT2D eigenvalue weighted by molar-refractivity contribution is 7.07. The number of hydrogen-bond acceptors (Lipinski definition) is 6. The molecule has 2 aromatic heterocycles. The summed E-state index contributed by atoms with van der Waals surface area (Å²) >= 11 is 1.64. The van der Waals surface area contributed by atoms with Crippen molar-refractivity contribution in [3.8, 4) is 0 Å². The van der Waals surface area contributed by atoms with Gasteiger partial charge in [-0.15, -0.1) is 0 Å². The second-order valence-corrected chi connectivity index (χ2v) is 6.55. The van der Waals surface area contributed by atoms with Crippen LogP contribution in [0.2, 0.25) is 0 Å². The SMILES string of the molecule is Nc1ncc(CN2CCCN(C(=O)Cc3ccsc3)CC2)cn1. The molecule has 2 N–H and O–H groups in total. The molecule has 0 aromatic carbocycles. The van der Waals surface area contributed by atoms with E-state index in [1.807, 2.05) is 21.7 Å². The van der Waals surface area contributed by atoms with Crippen LogP contribution in [0.3, 0.4) is 0 Å². The maximum Gasteiger partial charge on any atom is 0.227 e. The van der Waals surface area contributed by atoms with Crippen molar-refractivity contribution in [3.63, 3.8) is 0 Å². The molecule has 0 bridgehead atoms. The predicted octanol–water partition coefficient (Wildman–Crippen LogP) is 1.40. The zero-order chi connectivity index (χ0) is 16.1. The highest BCUT2D eigenvalue weighted by atomic mass is 32.1. The summed E-state index contributed by atoms with van der Waals surface area (Å²) in [7, 11) is 0. The highest BCUT2D eigenvalue weighted by Crippen LogP contribution is 2.12. The minimum atomic E-state index is 0.223. The summed E-state index contributed by atoms with van der Waals surface area (Å²) in [5, 5.41) is 4.06. The predicted molar refractivity (Wildman–Crippen MR) is 90.9 cm³/mol. The Balaban J connectivity index is 1.52. The lowest BCUT2D eigenvalue weighted by Crippen LogP contribution is -2.36. The minimum Gasteiger partial charge on any atom is -0.368 e. The van der Waals surface area contributed by atoms with E-state index in [-0.39, 0.29) is 5.91 Å². The number of anilines is 1. The summed E-state index contributed by atoms with van der Waals surface area (Å²) < 4.78 is 0. The quantitative estimate of drug-likeness (QED) is 0.916. The van der Waals surface area contributed by atoms with Gasteiger partial charge in [0.15, 0.2) is 0 Å². The van der Waals surface area contributed by atoms with Gasteiger partial charge in [-0.25, -0.2) is 9.97 Å². The van der Waals surface area contributed by atoms with Gasteiger partial charge in [0.2, 0.25) is 11.9 Å². The van der Waals surface area contributed by atoms with Crippen LogP contribution in [0.25, 0.3) is 0 Å². The number of aromatic nitrogens is 2. The topological polar surface area (TPSA) is 75.3 Å². The molecule has 122 valence electrons. The molecule has 1 fully saturated rings. The van der Waals surface area contributed by atoms with Gasteiger partial charge in [0.05, 0.1) is 6.42 Å². The molecule has 0 atom stereocenters. The van der Waals surface area contributed by atoms with E-state index in [4.69, 9.17) is 5.73 Å². The van der Waals surface area contributed by atoms with E-state index in [1.54, 1.807) is 23.7 Å². The minimum absolute atomic E-state index is 0.223. The summed E-state index contributed by atoms with van der Waals surface area (Å²) in [6.45, 7) is 4.26. The van der Waals surface area contributed by atoms with E-state index in [0.29, 0.717) is 12.4 Å². The Bertz CT molecular complexity index is 628. The van der Waals surface area contributed by atoms with Gasteiger partial charge in [-0.05, 0) is 28.8 Å². The summed E-state index contributed by atoms with van der Waals surface area (Å²) in [6, 6.07) is 2.02. The van der Waals surface area contributed by atoms with Gasteiger partial charge in [-0.3, -0.25) is 9.69 Å². The number of nitrogens with two attached hydrogens (primary N) is 1. The standard InChI is InChI=1S/C16H21N5OS/c17-16-18-9-14(10-19-16)11-20-3-1-4-21(6-5-20)15(22)8-13-2-7-23-12-13/h2,7,9-10,12H,1,3-6,8,11H2,(H2,17,18,19). The number of nitrogen functional groups attached to an aromatic ring is 1. The molecule has 3 rings (SSSR count). The van der Waals surface area contributed by atoms with Crippen LogP contribution in [0.15, 0.2) is 29.2 Å². The van der Waals surface area contributed by atoms with Gasteiger partial charge >= 0.3 is 0 Å². The van der Waals surface area contributed by atoms with E-state index in [2.05, 4.69) is 14.9 Å². The van der Waals surface area contributed by atoms with Crippen molar-refractivity contribution in [3.05, 3.63) is 40.3 Å². The number of carbonyl (C=O) groups excluding carboxylic acids is 1. The molecule has 1 saturated heterocycles. The van der Waals surface area contributed by atoms with E-state index in [1.165, 1.54) is 0 Å². The van der Waals surface area contributed by atoms with Gasteiger partial charge in [-0.1, -0.05) is 0 Å². The Labute approximate surface area is 140 Å². The molecular weight excluding hydrogens is 310 g/mol. The summed E-state index contributed by atoms with van der Waals surface area (Å²) in [5.41, 5.74) is 7.68. The molecule has 1 aliphatic rings. The fourth-order valence-electron chi connectivity index (χ4n) is 2.76. The number of thiophene rings is 1. The largest absolute Gasteiger partial charge is 0.368 e. The lowest BCUT2D eigenvalue weighted by atomic mass is 10.2.